The van der Waals surface area contributed by atoms with Crippen LogP contribution in [0.15, 0.2) is 48.8 Å². The van der Waals surface area contributed by atoms with Gasteiger partial charge in [0.25, 0.3) is 0 Å². The second kappa shape index (κ2) is 6.30. The predicted molar refractivity (Wildman–Crippen MR) is 80.4 cm³/mol. The molecular weight excluding hydrogens is 248 g/mol. The molecule has 2 N–H and O–H groups in total. The number of benzene rings is 1. The summed E-state index contributed by atoms with van der Waals surface area (Å²) < 4.78 is 0. The zero-order valence-electron chi connectivity index (χ0n) is 11.3. The Morgan fingerprint density at radius 1 is 1.10 bits per heavy atom. The molecule has 3 aromatic rings. The Kier molecular flexibility index (Phi) is 4.04. The number of hydrogen-bond acceptors (Lipinski definition) is 3. The number of pyridine rings is 1. The van der Waals surface area contributed by atoms with Crippen LogP contribution in [0.2, 0.25) is 0 Å². The Labute approximate surface area is 118 Å². The van der Waals surface area contributed by atoms with Crippen molar-refractivity contribution < 1.29 is 0 Å². The molecule has 0 aliphatic rings. The lowest BCUT2D eigenvalue weighted by molar-refractivity contribution is 0.634. The van der Waals surface area contributed by atoms with Crippen molar-refractivity contribution in [2.75, 3.05) is 6.54 Å². The van der Waals surface area contributed by atoms with Crippen LogP contribution < -0.4 is 5.32 Å². The molecule has 0 amide bonds. The summed E-state index contributed by atoms with van der Waals surface area (Å²) in [5.41, 5.74) is 2.14. The van der Waals surface area contributed by atoms with Crippen LogP contribution >= 0.6 is 0 Å². The predicted octanol–water partition coefficient (Wildman–Crippen LogP) is 2.68. The Balaban J connectivity index is 1.47. The fourth-order valence-electron chi connectivity index (χ4n) is 2.24. The molecule has 0 unspecified atom stereocenters. The van der Waals surface area contributed by atoms with Crippen molar-refractivity contribution in [2.45, 2.75) is 19.4 Å². The monoisotopic (exact) mass is 266 g/mol. The fraction of sp³-hybridized carbons (Fsp3) is 0.250. The molecule has 0 radical (unpaired) electrons. The van der Waals surface area contributed by atoms with Gasteiger partial charge in [-0.15, -0.1) is 0 Å². The van der Waals surface area contributed by atoms with E-state index in [1.54, 1.807) is 6.20 Å². The van der Waals surface area contributed by atoms with Crippen LogP contribution in [0.3, 0.4) is 0 Å². The zero-order valence-corrected chi connectivity index (χ0v) is 11.3. The topological polar surface area (TPSA) is 53.6 Å². The van der Waals surface area contributed by atoms with Gasteiger partial charge in [0.1, 0.15) is 5.82 Å². The molecule has 2 aromatic heterocycles. The Bertz CT molecular complexity index is 661. The quantitative estimate of drug-likeness (QED) is 0.674. The van der Waals surface area contributed by atoms with E-state index in [9.17, 15) is 0 Å². The molecule has 0 bridgehead atoms. The van der Waals surface area contributed by atoms with Gasteiger partial charge in [0.05, 0.1) is 11.2 Å². The van der Waals surface area contributed by atoms with Crippen molar-refractivity contribution in [1.29, 1.82) is 0 Å². The lowest BCUT2D eigenvalue weighted by Crippen LogP contribution is -2.16. The van der Waals surface area contributed by atoms with Gasteiger partial charge in [0.2, 0.25) is 0 Å². The largest absolute Gasteiger partial charge is 0.349 e. The molecule has 0 saturated heterocycles. The Morgan fingerprint density at radius 2 is 2.05 bits per heavy atom. The highest BCUT2D eigenvalue weighted by Crippen LogP contribution is 2.11. The van der Waals surface area contributed by atoms with Gasteiger partial charge in [-0.25, -0.2) is 4.98 Å². The number of nitrogens with one attached hydrogen (secondary N) is 2. The smallest absolute Gasteiger partial charge is 0.106 e. The van der Waals surface area contributed by atoms with Crippen molar-refractivity contribution in [1.82, 2.24) is 20.3 Å². The molecule has 20 heavy (non-hydrogen) atoms. The molecule has 4 heteroatoms. The van der Waals surface area contributed by atoms with Gasteiger partial charge < -0.3 is 10.3 Å². The third-order valence-corrected chi connectivity index (χ3v) is 3.28. The number of fused-ring (bicyclic) bond motifs is 1. The van der Waals surface area contributed by atoms with Crippen LogP contribution in [0, 0.1) is 0 Å². The van der Waals surface area contributed by atoms with E-state index in [0.717, 1.165) is 43.0 Å². The summed E-state index contributed by atoms with van der Waals surface area (Å²) in [7, 11) is 0. The number of aryl methyl sites for hydroxylation is 1. The summed E-state index contributed by atoms with van der Waals surface area (Å²) in [6.45, 7) is 1.78. The Hall–Kier alpha value is -2.20. The molecule has 0 aliphatic carbocycles. The number of imidazole rings is 1. The van der Waals surface area contributed by atoms with Crippen LogP contribution in [0.4, 0.5) is 0 Å². The normalized spacial score (nSPS) is 11.0. The number of para-hydroxylation sites is 1. The summed E-state index contributed by atoms with van der Waals surface area (Å²) in [5, 5.41) is 4.61. The van der Waals surface area contributed by atoms with Crippen LogP contribution in [0.5, 0.6) is 0 Å². The van der Waals surface area contributed by atoms with Gasteiger partial charge >= 0.3 is 0 Å². The average Bonchev–Trinajstić information content (AvgIpc) is 3.00. The molecule has 102 valence electrons. The van der Waals surface area contributed by atoms with Crippen molar-refractivity contribution >= 4 is 10.9 Å². The Morgan fingerprint density at radius 3 is 2.95 bits per heavy atom. The van der Waals surface area contributed by atoms with E-state index in [4.69, 9.17) is 0 Å². The number of aromatic amines is 1. The maximum Gasteiger partial charge on any atom is 0.106 e. The first-order valence-corrected chi connectivity index (χ1v) is 6.95. The summed E-state index contributed by atoms with van der Waals surface area (Å²) in [6, 6.07) is 12.4. The summed E-state index contributed by atoms with van der Waals surface area (Å²) in [6.07, 6.45) is 5.70. The second-order valence-corrected chi connectivity index (χ2v) is 4.81. The van der Waals surface area contributed by atoms with Crippen LogP contribution in [-0.4, -0.2) is 21.5 Å². The van der Waals surface area contributed by atoms with Gasteiger partial charge in [0, 0.05) is 30.7 Å². The van der Waals surface area contributed by atoms with Crippen molar-refractivity contribution in [3.63, 3.8) is 0 Å². The highest BCUT2D eigenvalue weighted by atomic mass is 14.9. The van der Waals surface area contributed by atoms with Crippen LogP contribution in [0.25, 0.3) is 10.9 Å². The number of H-pyrrole nitrogens is 1. The van der Waals surface area contributed by atoms with E-state index in [-0.39, 0.29) is 0 Å². The van der Waals surface area contributed by atoms with Crippen LogP contribution in [0.1, 0.15) is 17.9 Å². The van der Waals surface area contributed by atoms with E-state index < -0.39 is 0 Å². The number of rotatable bonds is 6. The average molecular weight is 266 g/mol. The van der Waals surface area contributed by atoms with Crippen LogP contribution in [-0.2, 0) is 13.0 Å². The van der Waals surface area contributed by atoms with Gasteiger partial charge in [-0.2, -0.15) is 0 Å². The first kappa shape index (κ1) is 12.8. The lowest BCUT2D eigenvalue weighted by atomic mass is 10.2. The third-order valence-electron chi connectivity index (χ3n) is 3.28. The highest BCUT2D eigenvalue weighted by molar-refractivity contribution is 5.78. The highest BCUT2D eigenvalue weighted by Gasteiger charge is 1.98. The maximum absolute atomic E-state index is 4.64. The summed E-state index contributed by atoms with van der Waals surface area (Å²) in [5.74, 6) is 1.05. The standard InChI is InChI=1S/C16H18N4/c1-2-5-15-13(4-1)7-8-14(20-15)12-17-9-3-6-16-18-10-11-19-16/h1-2,4-5,7-8,10-11,17H,3,6,9,12H2,(H,18,19). The SMILES string of the molecule is c1ccc2nc(CNCCCc3ncc[nH]3)ccc2c1. The van der Waals surface area contributed by atoms with E-state index >= 15 is 0 Å². The number of nitrogens with zero attached hydrogens (tertiary/aromatic N) is 2. The molecule has 0 aliphatic heterocycles. The molecule has 2 heterocycles. The summed E-state index contributed by atoms with van der Waals surface area (Å²) >= 11 is 0. The minimum atomic E-state index is 0.809. The maximum atomic E-state index is 4.64. The van der Waals surface area contributed by atoms with Gasteiger partial charge in [-0.1, -0.05) is 24.3 Å². The molecule has 3 rings (SSSR count). The van der Waals surface area contributed by atoms with E-state index in [0.29, 0.717) is 0 Å². The zero-order chi connectivity index (χ0) is 13.6. The minimum Gasteiger partial charge on any atom is -0.349 e. The second-order valence-electron chi connectivity index (χ2n) is 4.81. The van der Waals surface area contributed by atoms with Gasteiger partial charge in [-0.05, 0) is 25.1 Å². The lowest BCUT2D eigenvalue weighted by Gasteiger charge is -2.05. The van der Waals surface area contributed by atoms with E-state index in [1.807, 2.05) is 18.3 Å². The molecule has 1 aromatic carbocycles. The molecular formula is C16H18N4. The molecule has 0 fully saturated rings. The number of hydrogen-bond donors (Lipinski definition) is 2. The van der Waals surface area contributed by atoms with Crippen molar-refractivity contribution in [3.05, 3.63) is 60.3 Å². The van der Waals surface area contributed by atoms with E-state index in [2.05, 4.69) is 44.5 Å². The van der Waals surface area contributed by atoms with Gasteiger partial charge in [0.15, 0.2) is 0 Å². The van der Waals surface area contributed by atoms with E-state index in [1.165, 1.54) is 5.39 Å². The van der Waals surface area contributed by atoms with Gasteiger partial charge in [-0.3, -0.25) is 4.98 Å². The first-order valence-electron chi connectivity index (χ1n) is 6.95. The molecule has 0 spiro atoms. The fourth-order valence-corrected chi connectivity index (χ4v) is 2.24. The molecule has 0 atom stereocenters. The van der Waals surface area contributed by atoms with Crippen molar-refractivity contribution in [3.8, 4) is 0 Å². The molecule has 4 nitrogen and oxygen atoms in total. The number of aromatic nitrogens is 3. The minimum absolute atomic E-state index is 0.809. The third kappa shape index (κ3) is 3.22. The first-order chi connectivity index (χ1) is 9.92. The molecule has 0 saturated carbocycles. The summed E-state index contributed by atoms with van der Waals surface area (Å²) in [4.78, 5) is 12.0. The van der Waals surface area contributed by atoms with Crippen molar-refractivity contribution in [2.24, 2.45) is 0 Å².